The monoisotopic (exact) mass is 424 g/mol. The first kappa shape index (κ1) is 20.1. The Morgan fingerprint density at radius 3 is 2.48 bits per heavy atom. The van der Waals surface area contributed by atoms with Crippen LogP contribution in [0.15, 0.2) is 36.5 Å². The maximum atomic E-state index is 13.5. The van der Waals surface area contributed by atoms with E-state index >= 15 is 0 Å². The van der Waals surface area contributed by atoms with Crippen molar-refractivity contribution in [2.24, 2.45) is 0 Å². The maximum absolute atomic E-state index is 13.5. The zero-order valence-electron chi connectivity index (χ0n) is 17.8. The molecule has 0 bridgehead atoms. The van der Waals surface area contributed by atoms with Crippen molar-refractivity contribution in [3.05, 3.63) is 53.2 Å². The van der Waals surface area contributed by atoms with Gasteiger partial charge in [0.05, 0.1) is 11.2 Å². The molecule has 2 aliphatic rings. The molecule has 0 amide bonds. The molecule has 0 aliphatic carbocycles. The van der Waals surface area contributed by atoms with Crippen LogP contribution in [-0.4, -0.2) is 60.0 Å². The number of halogens is 2. The van der Waals surface area contributed by atoms with Crippen LogP contribution in [0.4, 0.5) is 26.1 Å². The topological polar surface area (TPSA) is 47.5 Å². The lowest BCUT2D eigenvalue weighted by molar-refractivity contribution is 0.151. The number of hydrogen-bond acceptors (Lipinski definition) is 6. The summed E-state index contributed by atoms with van der Waals surface area (Å²) in [6, 6.07) is 9.38. The second-order valence-electron chi connectivity index (χ2n) is 8.54. The van der Waals surface area contributed by atoms with Crippen LogP contribution in [0.2, 0.25) is 0 Å². The van der Waals surface area contributed by atoms with Gasteiger partial charge in [-0.15, -0.1) is 0 Å². The number of benzene rings is 2. The van der Waals surface area contributed by atoms with E-state index in [1.54, 1.807) is 12.3 Å². The molecular formula is C23H26F2N6. The maximum Gasteiger partial charge on any atom is 0.263 e. The van der Waals surface area contributed by atoms with Crippen LogP contribution < -0.4 is 10.2 Å². The summed E-state index contributed by atoms with van der Waals surface area (Å²) in [5.74, 6) is 0.471. The van der Waals surface area contributed by atoms with E-state index in [0.717, 1.165) is 50.6 Å². The minimum Gasteiger partial charge on any atom is -0.367 e. The lowest BCUT2D eigenvalue weighted by atomic mass is 10.1. The second-order valence-corrected chi connectivity index (χ2v) is 8.54. The first-order chi connectivity index (χ1) is 15.0. The molecule has 1 fully saturated rings. The van der Waals surface area contributed by atoms with Gasteiger partial charge in [0.25, 0.3) is 6.43 Å². The van der Waals surface area contributed by atoms with Crippen molar-refractivity contribution in [1.82, 2.24) is 19.8 Å². The van der Waals surface area contributed by atoms with Crippen LogP contribution in [-0.2, 0) is 13.1 Å². The lowest BCUT2D eigenvalue weighted by Gasteiger charge is -2.34. The Morgan fingerprint density at radius 1 is 0.935 bits per heavy atom. The number of nitrogens with zero attached hydrogens (tertiary/aromatic N) is 5. The SMILES string of the molecule is CN1CCN(c2cc(C(F)F)cc3cnc(Nc4ccc5c(c4)CN(C)C5)nc23)CC1. The Hall–Kier alpha value is -2.84. The molecule has 1 aromatic heterocycles. The summed E-state index contributed by atoms with van der Waals surface area (Å²) < 4.78 is 27.0. The zero-order valence-corrected chi connectivity index (χ0v) is 17.8. The van der Waals surface area contributed by atoms with E-state index in [0.29, 0.717) is 16.9 Å². The van der Waals surface area contributed by atoms with Gasteiger partial charge in [0, 0.05) is 62.1 Å². The quantitative estimate of drug-likeness (QED) is 0.683. The van der Waals surface area contributed by atoms with Gasteiger partial charge in [-0.05, 0) is 49.5 Å². The van der Waals surface area contributed by atoms with Gasteiger partial charge in [-0.2, -0.15) is 0 Å². The predicted octanol–water partition coefficient (Wildman–Crippen LogP) is 4.01. The summed E-state index contributed by atoms with van der Waals surface area (Å²) in [5.41, 5.74) is 5.03. The molecule has 8 heteroatoms. The average Bonchev–Trinajstić information content (AvgIpc) is 3.13. The van der Waals surface area contributed by atoms with Gasteiger partial charge in [0.1, 0.15) is 0 Å². The molecule has 0 radical (unpaired) electrons. The third kappa shape index (κ3) is 4.05. The van der Waals surface area contributed by atoms with Crippen LogP contribution >= 0.6 is 0 Å². The molecule has 2 aromatic carbocycles. The van der Waals surface area contributed by atoms with Crippen LogP contribution in [0.25, 0.3) is 10.9 Å². The molecule has 162 valence electrons. The van der Waals surface area contributed by atoms with Crippen LogP contribution in [0, 0.1) is 0 Å². The highest BCUT2D eigenvalue weighted by Crippen LogP contribution is 2.33. The molecule has 3 heterocycles. The van der Waals surface area contributed by atoms with Crippen molar-refractivity contribution in [2.45, 2.75) is 19.5 Å². The fourth-order valence-corrected chi connectivity index (χ4v) is 4.40. The summed E-state index contributed by atoms with van der Waals surface area (Å²) >= 11 is 0. The van der Waals surface area contributed by atoms with Crippen LogP contribution in [0.3, 0.4) is 0 Å². The summed E-state index contributed by atoms with van der Waals surface area (Å²) in [6.45, 7) is 5.23. The van der Waals surface area contributed by atoms with Crippen molar-refractivity contribution in [2.75, 3.05) is 50.5 Å². The summed E-state index contributed by atoms with van der Waals surface area (Å²) in [4.78, 5) is 15.8. The molecule has 0 saturated carbocycles. The van der Waals surface area contributed by atoms with Gasteiger partial charge in [-0.3, -0.25) is 4.90 Å². The highest BCUT2D eigenvalue weighted by Gasteiger charge is 2.21. The predicted molar refractivity (Wildman–Crippen MR) is 119 cm³/mol. The van der Waals surface area contributed by atoms with Crippen molar-refractivity contribution >= 4 is 28.2 Å². The highest BCUT2D eigenvalue weighted by molar-refractivity contribution is 5.92. The highest BCUT2D eigenvalue weighted by atomic mass is 19.3. The van der Waals surface area contributed by atoms with Crippen LogP contribution in [0.1, 0.15) is 23.1 Å². The third-order valence-corrected chi connectivity index (χ3v) is 6.12. The van der Waals surface area contributed by atoms with Gasteiger partial charge in [-0.1, -0.05) is 6.07 Å². The lowest BCUT2D eigenvalue weighted by Crippen LogP contribution is -2.44. The van der Waals surface area contributed by atoms with E-state index in [-0.39, 0.29) is 5.56 Å². The number of anilines is 3. The van der Waals surface area contributed by atoms with E-state index in [2.05, 4.69) is 51.2 Å². The first-order valence-corrected chi connectivity index (χ1v) is 10.6. The number of aromatic nitrogens is 2. The van der Waals surface area contributed by atoms with Gasteiger partial charge < -0.3 is 15.1 Å². The number of fused-ring (bicyclic) bond motifs is 2. The zero-order chi connectivity index (χ0) is 21.5. The Bertz CT molecular complexity index is 1110. The number of hydrogen-bond donors (Lipinski definition) is 1. The Labute approximate surface area is 180 Å². The van der Waals surface area contributed by atoms with Crippen molar-refractivity contribution in [3.8, 4) is 0 Å². The number of rotatable bonds is 4. The van der Waals surface area contributed by atoms with Crippen molar-refractivity contribution in [3.63, 3.8) is 0 Å². The molecule has 6 nitrogen and oxygen atoms in total. The summed E-state index contributed by atoms with van der Waals surface area (Å²) in [7, 11) is 4.18. The molecule has 2 aliphatic heterocycles. The minimum atomic E-state index is -2.53. The van der Waals surface area contributed by atoms with Crippen molar-refractivity contribution < 1.29 is 8.78 Å². The molecule has 1 N–H and O–H groups in total. The molecule has 3 aromatic rings. The van der Waals surface area contributed by atoms with Gasteiger partial charge in [0.2, 0.25) is 5.95 Å². The van der Waals surface area contributed by atoms with Gasteiger partial charge in [-0.25, -0.2) is 18.7 Å². The second kappa shape index (κ2) is 8.01. The van der Waals surface area contributed by atoms with E-state index in [9.17, 15) is 8.78 Å². The smallest absolute Gasteiger partial charge is 0.263 e. The molecule has 5 rings (SSSR count). The van der Waals surface area contributed by atoms with E-state index < -0.39 is 6.43 Å². The number of piperazine rings is 1. The summed E-state index contributed by atoms with van der Waals surface area (Å²) in [5, 5.41) is 3.93. The summed E-state index contributed by atoms with van der Waals surface area (Å²) in [6.07, 6.45) is -0.893. The number of nitrogens with one attached hydrogen (secondary N) is 1. The van der Waals surface area contributed by atoms with Gasteiger partial charge in [0.15, 0.2) is 0 Å². The normalized spacial score (nSPS) is 17.5. The molecule has 0 unspecified atom stereocenters. The molecule has 0 atom stereocenters. The number of likely N-dealkylation sites (N-methyl/N-ethyl adjacent to an activating group) is 1. The Kier molecular flexibility index (Phi) is 5.19. The fourth-order valence-electron chi connectivity index (χ4n) is 4.40. The van der Waals surface area contributed by atoms with Gasteiger partial charge >= 0.3 is 0 Å². The van der Waals surface area contributed by atoms with E-state index in [1.807, 2.05) is 6.07 Å². The average molecular weight is 424 g/mol. The third-order valence-electron chi connectivity index (χ3n) is 6.12. The largest absolute Gasteiger partial charge is 0.367 e. The standard InChI is InChI=1S/C23H26F2N6/c1-29-5-7-31(8-6-29)20-11-16(22(24)25)9-17-12-26-23(28-21(17)20)27-19-4-3-15-13-30(2)14-18(15)10-19/h3-4,9-12,22H,5-8,13-14H2,1-2H3,(H,26,27,28). The molecule has 1 saturated heterocycles. The van der Waals surface area contributed by atoms with Crippen LogP contribution in [0.5, 0.6) is 0 Å². The molecule has 0 spiro atoms. The minimum absolute atomic E-state index is 0.00785. The first-order valence-electron chi connectivity index (χ1n) is 10.6. The van der Waals surface area contributed by atoms with Crippen molar-refractivity contribution in [1.29, 1.82) is 0 Å². The van der Waals surface area contributed by atoms with E-state index in [1.165, 1.54) is 17.2 Å². The molecule has 31 heavy (non-hydrogen) atoms. The molecular weight excluding hydrogens is 398 g/mol. The Balaban J connectivity index is 1.50. The fraction of sp³-hybridized carbons (Fsp3) is 0.391. The Morgan fingerprint density at radius 2 is 1.71 bits per heavy atom. The number of alkyl halides is 2. The van der Waals surface area contributed by atoms with E-state index in [4.69, 9.17) is 4.98 Å².